The zero-order valence-corrected chi connectivity index (χ0v) is 17.2. The zero-order chi connectivity index (χ0) is 18.2. The molecule has 0 amide bonds. The van der Waals surface area contributed by atoms with Crippen molar-refractivity contribution in [2.75, 3.05) is 13.2 Å². The third-order valence-electron chi connectivity index (χ3n) is 7.00. The van der Waals surface area contributed by atoms with Crippen LogP contribution in [0.2, 0.25) is 0 Å². The van der Waals surface area contributed by atoms with Crippen molar-refractivity contribution in [2.24, 2.45) is 29.6 Å². The van der Waals surface area contributed by atoms with E-state index in [0.717, 1.165) is 37.4 Å². The molecule has 0 aromatic carbocycles. The first-order chi connectivity index (χ1) is 12.8. The van der Waals surface area contributed by atoms with E-state index in [2.05, 4.69) is 25.2 Å². The van der Waals surface area contributed by atoms with Crippen LogP contribution in [-0.4, -0.2) is 19.5 Å². The van der Waals surface area contributed by atoms with Gasteiger partial charge >= 0.3 is 0 Å². The van der Waals surface area contributed by atoms with Gasteiger partial charge in [-0.2, -0.15) is 0 Å². The second kappa shape index (κ2) is 10.9. The van der Waals surface area contributed by atoms with Crippen molar-refractivity contribution >= 4 is 11.6 Å². The van der Waals surface area contributed by atoms with Crippen molar-refractivity contribution in [1.82, 2.24) is 0 Å². The summed E-state index contributed by atoms with van der Waals surface area (Å²) in [6, 6.07) is 0. The van der Waals surface area contributed by atoms with Crippen molar-refractivity contribution < 1.29 is 9.47 Å². The molecule has 3 fully saturated rings. The van der Waals surface area contributed by atoms with E-state index >= 15 is 0 Å². The molecule has 0 atom stereocenters. The van der Waals surface area contributed by atoms with E-state index < -0.39 is 0 Å². The van der Waals surface area contributed by atoms with E-state index in [9.17, 15) is 0 Å². The van der Waals surface area contributed by atoms with Crippen LogP contribution >= 0.6 is 11.6 Å². The third kappa shape index (κ3) is 5.84. The molecule has 0 bridgehead atoms. The first-order valence-corrected chi connectivity index (χ1v) is 11.3. The molecule has 0 radical (unpaired) electrons. The fourth-order valence-corrected chi connectivity index (χ4v) is 5.50. The maximum atomic E-state index is 6.12. The summed E-state index contributed by atoms with van der Waals surface area (Å²) < 4.78 is 12.2. The van der Waals surface area contributed by atoms with Gasteiger partial charge in [0.15, 0.2) is 6.29 Å². The van der Waals surface area contributed by atoms with E-state index in [1.165, 1.54) is 57.8 Å². The van der Waals surface area contributed by atoms with Crippen molar-refractivity contribution in [3.05, 3.63) is 23.8 Å². The molecule has 3 rings (SSSR count). The highest BCUT2D eigenvalue weighted by atomic mass is 35.5. The third-order valence-corrected chi connectivity index (χ3v) is 7.14. The fourth-order valence-electron chi connectivity index (χ4n) is 5.30. The Kier molecular flexibility index (Phi) is 8.55. The molecule has 2 saturated carbocycles. The summed E-state index contributed by atoms with van der Waals surface area (Å²) in [6.07, 6.45) is 19.7. The molecule has 3 aliphatic rings. The van der Waals surface area contributed by atoms with Gasteiger partial charge in [0.05, 0.1) is 13.2 Å². The minimum absolute atomic E-state index is 0.0681. The van der Waals surface area contributed by atoms with Crippen molar-refractivity contribution in [2.45, 2.75) is 77.4 Å². The average Bonchev–Trinajstić information content (AvgIpc) is 2.70. The Bertz CT molecular complexity index is 437. The van der Waals surface area contributed by atoms with Crippen LogP contribution in [0.15, 0.2) is 23.8 Å². The summed E-state index contributed by atoms with van der Waals surface area (Å²) in [5.74, 6) is 3.81. The Hall–Kier alpha value is -0.310. The van der Waals surface area contributed by atoms with Gasteiger partial charge in [-0.05, 0) is 88.9 Å². The molecule has 0 unspecified atom stereocenters. The van der Waals surface area contributed by atoms with Crippen molar-refractivity contribution in [3.63, 3.8) is 0 Å². The summed E-state index contributed by atoms with van der Waals surface area (Å²) in [7, 11) is 0. The summed E-state index contributed by atoms with van der Waals surface area (Å²) in [5, 5.41) is 0. The van der Waals surface area contributed by atoms with Crippen molar-refractivity contribution in [3.8, 4) is 0 Å². The number of ether oxygens (including phenoxy) is 2. The van der Waals surface area contributed by atoms with Gasteiger partial charge in [0, 0.05) is 17.4 Å². The molecule has 3 heteroatoms. The zero-order valence-electron chi connectivity index (χ0n) is 16.5. The van der Waals surface area contributed by atoms with E-state index in [1.807, 2.05) is 0 Å². The molecule has 2 nitrogen and oxygen atoms in total. The molecule has 148 valence electrons. The number of halogens is 1. The number of rotatable bonds is 6. The Morgan fingerprint density at radius 1 is 0.846 bits per heavy atom. The molecule has 0 aromatic rings. The standard InChI is InChI=1S/C23H37ClO2/c1-2-3-4-5-19-16-25-23(26-17-19)22-12-10-21(11-13-22)20-8-6-18(7-9-20)14-15-24/h2-3,14-15,18-23H,4-13,16-17H2,1H3/b3-2+,15-14+/t18-,19-,20-,21?,22?,23-. The Morgan fingerprint density at radius 3 is 2.00 bits per heavy atom. The Labute approximate surface area is 165 Å². The molecule has 0 spiro atoms. The summed E-state index contributed by atoms with van der Waals surface area (Å²) in [6.45, 7) is 3.86. The molecule has 2 aliphatic carbocycles. The Balaban J connectivity index is 1.34. The van der Waals surface area contributed by atoms with Gasteiger partial charge < -0.3 is 9.47 Å². The molecular formula is C23H37ClO2. The van der Waals surface area contributed by atoms with E-state index in [0.29, 0.717) is 11.8 Å². The molecule has 1 heterocycles. The van der Waals surface area contributed by atoms with Crippen LogP contribution < -0.4 is 0 Å². The lowest BCUT2D eigenvalue weighted by atomic mass is 9.69. The van der Waals surface area contributed by atoms with Gasteiger partial charge in [-0.1, -0.05) is 29.8 Å². The lowest BCUT2D eigenvalue weighted by Crippen LogP contribution is -2.39. The second-order valence-corrected chi connectivity index (χ2v) is 8.97. The average molecular weight is 381 g/mol. The topological polar surface area (TPSA) is 18.5 Å². The highest BCUT2D eigenvalue weighted by Gasteiger charge is 2.35. The normalized spacial score (nSPS) is 39.6. The van der Waals surface area contributed by atoms with E-state index in [4.69, 9.17) is 21.1 Å². The first-order valence-electron chi connectivity index (χ1n) is 10.9. The van der Waals surface area contributed by atoms with Gasteiger partial charge in [0.2, 0.25) is 0 Å². The lowest BCUT2D eigenvalue weighted by Gasteiger charge is -2.40. The number of allylic oxidation sites excluding steroid dienone is 3. The highest BCUT2D eigenvalue weighted by Crippen LogP contribution is 2.43. The highest BCUT2D eigenvalue weighted by molar-refractivity contribution is 6.25. The van der Waals surface area contributed by atoms with Crippen LogP contribution in [0.1, 0.15) is 71.1 Å². The minimum Gasteiger partial charge on any atom is -0.352 e. The molecule has 1 saturated heterocycles. The monoisotopic (exact) mass is 380 g/mol. The van der Waals surface area contributed by atoms with Gasteiger partial charge in [0.25, 0.3) is 0 Å². The SMILES string of the molecule is C/C=C/CC[C@H]1CO[C@H](C2CCC([C@H]3CC[C@H](/C=C/Cl)CC3)CC2)OC1. The second-order valence-electron chi connectivity index (χ2n) is 8.72. The summed E-state index contributed by atoms with van der Waals surface area (Å²) in [5.41, 5.74) is 1.71. The molecular weight excluding hydrogens is 344 g/mol. The fraction of sp³-hybridized carbons (Fsp3) is 0.826. The van der Waals surface area contributed by atoms with Gasteiger partial charge in [-0.3, -0.25) is 0 Å². The Morgan fingerprint density at radius 2 is 1.42 bits per heavy atom. The van der Waals surface area contributed by atoms with Crippen molar-refractivity contribution in [1.29, 1.82) is 0 Å². The van der Waals surface area contributed by atoms with Crippen LogP contribution in [0.5, 0.6) is 0 Å². The van der Waals surface area contributed by atoms with Crippen LogP contribution in [0.25, 0.3) is 0 Å². The number of hydrogen-bond donors (Lipinski definition) is 0. The number of hydrogen-bond acceptors (Lipinski definition) is 2. The quantitative estimate of drug-likeness (QED) is 0.477. The first kappa shape index (κ1) is 20.4. The summed E-state index contributed by atoms with van der Waals surface area (Å²) in [4.78, 5) is 0. The van der Waals surface area contributed by atoms with Gasteiger partial charge in [-0.25, -0.2) is 0 Å². The van der Waals surface area contributed by atoms with Gasteiger partial charge in [0.1, 0.15) is 0 Å². The summed E-state index contributed by atoms with van der Waals surface area (Å²) >= 11 is 5.74. The van der Waals surface area contributed by atoms with Crippen LogP contribution in [0, 0.1) is 29.6 Å². The maximum Gasteiger partial charge on any atom is 0.160 e. The van der Waals surface area contributed by atoms with Crippen LogP contribution in [0.4, 0.5) is 0 Å². The van der Waals surface area contributed by atoms with Gasteiger partial charge in [-0.15, -0.1) is 0 Å². The lowest BCUT2D eigenvalue weighted by molar-refractivity contribution is -0.230. The van der Waals surface area contributed by atoms with E-state index in [1.54, 1.807) is 5.54 Å². The molecule has 1 aliphatic heterocycles. The molecule has 0 N–H and O–H groups in total. The largest absolute Gasteiger partial charge is 0.352 e. The van der Waals surface area contributed by atoms with Crippen LogP contribution in [-0.2, 0) is 9.47 Å². The molecule has 0 aromatic heterocycles. The molecule has 26 heavy (non-hydrogen) atoms. The predicted octanol–water partition coefficient (Wildman–Crippen LogP) is 6.70. The maximum absolute atomic E-state index is 6.12. The van der Waals surface area contributed by atoms with E-state index in [-0.39, 0.29) is 6.29 Å². The van der Waals surface area contributed by atoms with Crippen LogP contribution in [0.3, 0.4) is 0 Å². The smallest absolute Gasteiger partial charge is 0.160 e. The minimum atomic E-state index is 0.0681. The predicted molar refractivity (Wildman–Crippen MR) is 109 cm³/mol.